The van der Waals surface area contributed by atoms with Crippen LogP contribution in [0.15, 0.2) is 83.9 Å². The molecular formula is C21H22ClN3OS. The normalized spacial score (nSPS) is 11.3. The molecule has 1 aromatic heterocycles. The summed E-state index contributed by atoms with van der Waals surface area (Å²) in [5.74, 6) is 0.710. The Morgan fingerprint density at radius 1 is 1.00 bits per heavy atom. The fourth-order valence-corrected chi connectivity index (χ4v) is 3.30. The quantitative estimate of drug-likeness (QED) is 0.581. The molecule has 3 N–H and O–H groups in total. The molecule has 0 radical (unpaired) electrons. The molecule has 0 saturated heterocycles. The highest BCUT2D eigenvalue weighted by Crippen LogP contribution is 2.24. The topological polar surface area (TPSA) is 68.0 Å². The van der Waals surface area contributed by atoms with Gasteiger partial charge in [0.2, 0.25) is 5.91 Å². The summed E-state index contributed by atoms with van der Waals surface area (Å²) in [5.41, 5.74) is 8.82. The molecule has 140 valence electrons. The average molecular weight is 400 g/mol. The summed E-state index contributed by atoms with van der Waals surface area (Å²) in [4.78, 5) is 17.6. The van der Waals surface area contributed by atoms with Crippen molar-refractivity contribution in [3.8, 4) is 0 Å². The minimum Gasteiger partial charge on any atom is -0.325 e. The number of amides is 1. The first-order valence-corrected chi connectivity index (χ1v) is 9.42. The second kappa shape index (κ2) is 10.7. The van der Waals surface area contributed by atoms with Gasteiger partial charge in [0.05, 0.1) is 6.04 Å². The Hall–Kier alpha value is -2.34. The van der Waals surface area contributed by atoms with Gasteiger partial charge in [0.15, 0.2) is 0 Å². The summed E-state index contributed by atoms with van der Waals surface area (Å²) in [6.07, 6.45) is 2.11. The van der Waals surface area contributed by atoms with Crippen LogP contribution in [0.2, 0.25) is 0 Å². The third-order valence-electron chi connectivity index (χ3n) is 3.86. The molecule has 2 aromatic carbocycles. The molecule has 3 aromatic rings. The molecule has 0 unspecified atom stereocenters. The Morgan fingerprint density at radius 2 is 1.70 bits per heavy atom. The van der Waals surface area contributed by atoms with Gasteiger partial charge < -0.3 is 11.1 Å². The number of nitrogens with two attached hydrogens (primary N) is 1. The first-order valence-electron chi connectivity index (χ1n) is 8.44. The number of carbonyl (C=O) groups excluding carboxylic acids is 1. The molecule has 0 fully saturated rings. The number of nitrogens with one attached hydrogen (secondary N) is 1. The van der Waals surface area contributed by atoms with E-state index in [4.69, 9.17) is 5.73 Å². The predicted molar refractivity (Wildman–Crippen MR) is 114 cm³/mol. The highest BCUT2D eigenvalue weighted by molar-refractivity contribution is 7.98. The van der Waals surface area contributed by atoms with Crippen molar-refractivity contribution < 1.29 is 4.79 Å². The van der Waals surface area contributed by atoms with E-state index in [9.17, 15) is 4.79 Å². The highest BCUT2D eigenvalue weighted by atomic mass is 35.5. The standard InChI is InChI=1S/C21H21N3OS.ClH/c22-20(14-18-8-4-5-13-23-18)21(25)24-17-9-11-19(12-10-17)26-15-16-6-2-1-3-7-16;/h1-13,20H,14-15,22H2,(H,24,25);1H/t20-;/m0./s1. The Bertz CT molecular complexity index is 829. The minimum absolute atomic E-state index is 0. The second-order valence-corrected chi connectivity index (χ2v) is 6.97. The van der Waals surface area contributed by atoms with E-state index in [-0.39, 0.29) is 18.3 Å². The van der Waals surface area contributed by atoms with Crippen molar-refractivity contribution in [1.29, 1.82) is 0 Å². The van der Waals surface area contributed by atoms with Crippen LogP contribution in [-0.4, -0.2) is 16.9 Å². The molecule has 1 atom stereocenters. The summed E-state index contributed by atoms with van der Waals surface area (Å²) in [7, 11) is 0. The van der Waals surface area contributed by atoms with Crippen LogP contribution in [0.1, 0.15) is 11.3 Å². The molecule has 1 heterocycles. The largest absolute Gasteiger partial charge is 0.325 e. The van der Waals surface area contributed by atoms with E-state index in [2.05, 4.69) is 22.4 Å². The Morgan fingerprint density at radius 3 is 2.37 bits per heavy atom. The van der Waals surface area contributed by atoms with Gasteiger partial charge in [-0.25, -0.2) is 0 Å². The number of carbonyl (C=O) groups is 1. The summed E-state index contributed by atoms with van der Waals surface area (Å²) in [6, 6.07) is 23.1. The lowest BCUT2D eigenvalue weighted by molar-refractivity contribution is -0.117. The van der Waals surface area contributed by atoms with Crippen molar-refractivity contribution >= 4 is 35.8 Å². The fraction of sp³-hybridized carbons (Fsp3) is 0.143. The van der Waals surface area contributed by atoms with E-state index in [1.165, 1.54) is 5.56 Å². The molecule has 0 saturated carbocycles. The van der Waals surface area contributed by atoms with Crippen LogP contribution in [0.4, 0.5) is 5.69 Å². The van der Waals surface area contributed by atoms with Gasteiger partial charge in [0.1, 0.15) is 0 Å². The molecule has 0 bridgehead atoms. The van der Waals surface area contributed by atoms with Crippen LogP contribution in [-0.2, 0) is 17.0 Å². The molecular weight excluding hydrogens is 378 g/mol. The van der Waals surface area contributed by atoms with Gasteiger partial charge >= 0.3 is 0 Å². The Balaban J connectivity index is 0.00000261. The maximum absolute atomic E-state index is 12.2. The van der Waals surface area contributed by atoms with Crippen molar-refractivity contribution in [2.24, 2.45) is 5.73 Å². The summed E-state index contributed by atoms with van der Waals surface area (Å²) >= 11 is 1.76. The molecule has 27 heavy (non-hydrogen) atoms. The molecule has 4 nitrogen and oxygen atoms in total. The maximum atomic E-state index is 12.2. The lowest BCUT2D eigenvalue weighted by Gasteiger charge is -2.12. The van der Waals surface area contributed by atoms with Crippen LogP contribution in [0.5, 0.6) is 0 Å². The first kappa shape index (κ1) is 21.0. The Kier molecular flexibility index (Phi) is 8.33. The number of aromatic nitrogens is 1. The molecule has 0 spiro atoms. The van der Waals surface area contributed by atoms with Crippen molar-refractivity contribution in [2.75, 3.05) is 5.32 Å². The van der Waals surface area contributed by atoms with E-state index in [0.717, 1.165) is 22.0 Å². The van der Waals surface area contributed by atoms with Gasteiger partial charge in [-0.3, -0.25) is 9.78 Å². The lowest BCUT2D eigenvalue weighted by atomic mass is 10.1. The molecule has 6 heteroatoms. The lowest BCUT2D eigenvalue weighted by Crippen LogP contribution is -2.37. The fourth-order valence-electron chi connectivity index (χ4n) is 2.45. The number of rotatable bonds is 7. The number of halogens is 1. The maximum Gasteiger partial charge on any atom is 0.241 e. The summed E-state index contributed by atoms with van der Waals surface area (Å²) < 4.78 is 0. The van der Waals surface area contributed by atoms with E-state index >= 15 is 0 Å². The van der Waals surface area contributed by atoms with Gasteiger partial charge in [-0.1, -0.05) is 36.4 Å². The predicted octanol–water partition coefficient (Wildman–Crippen LogP) is 4.30. The third-order valence-corrected chi connectivity index (χ3v) is 4.95. The molecule has 0 aliphatic heterocycles. The van der Waals surface area contributed by atoms with Crippen LogP contribution >= 0.6 is 24.2 Å². The summed E-state index contributed by atoms with van der Waals surface area (Å²) in [5, 5.41) is 2.86. The van der Waals surface area contributed by atoms with Crippen LogP contribution < -0.4 is 11.1 Å². The number of nitrogens with zero attached hydrogens (tertiary/aromatic N) is 1. The average Bonchev–Trinajstić information content (AvgIpc) is 2.69. The van der Waals surface area contributed by atoms with E-state index in [1.54, 1.807) is 18.0 Å². The number of hydrogen-bond donors (Lipinski definition) is 2. The zero-order valence-corrected chi connectivity index (χ0v) is 16.4. The highest BCUT2D eigenvalue weighted by Gasteiger charge is 2.14. The van der Waals surface area contributed by atoms with Crippen molar-refractivity contribution in [3.05, 3.63) is 90.3 Å². The van der Waals surface area contributed by atoms with Crippen molar-refractivity contribution in [1.82, 2.24) is 4.98 Å². The third kappa shape index (κ3) is 6.71. The molecule has 0 aliphatic rings. The van der Waals surface area contributed by atoms with Gasteiger partial charge in [-0.15, -0.1) is 24.2 Å². The molecule has 1 amide bonds. The summed E-state index contributed by atoms with van der Waals surface area (Å²) in [6.45, 7) is 0. The Labute approximate surface area is 170 Å². The monoisotopic (exact) mass is 399 g/mol. The molecule has 0 aliphatic carbocycles. The first-order chi connectivity index (χ1) is 12.7. The second-order valence-electron chi connectivity index (χ2n) is 5.92. The van der Waals surface area contributed by atoms with Gasteiger partial charge in [-0.2, -0.15) is 0 Å². The van der Waals surface area contributed by atoms with Crippen molar-refractivity contribution in [2.45, 2.75) is 23.1 Å². The minimum atomic E-state index is -0.628. The van der Waals surface area contributed by atoms with E-state index in [1.807, 2.05) is 60.7 Å². The van der Waals surface area contributed by atoms with Crippen LogP contribution in [0.3, 0.4) is 0 Å². The van der Waals surface area contributed by atoms with E-state index < -0.39 is 6.04 Å². The van der Waals surface area contributed by atoms with Gasteiger partial charge in [-0.05, 0) is 42.0 Å². The number of hydrogen-bond acceptors (Lipinski definition) is 4. The number of anilines is 1. The molecule has 3 rings (SSSR count). The zero-order valence-electron chi connectivity index (χ0n) is 14.7. The van der Waals surface area contributed by atoms with E-state index in [0.29, 0.717) is 6.42 Å². The number of thioether (sulfide) groups is 1. The van der Waals surface area contributed by atoms with Gasteiger partial charge in [0.25, 0.3) is 0 Å². The number of benzene rings is 2. The smallest absolute Gasteiger partial charge is 0.241 e. The van der Waals surface area contributed by atoms with Crippen molar-refractivity contribution in [3.63, 3.8) is 0 Å². The number of pyridine rings is 1. The zero-order chi connectivity index (χ0) is 18.2. The SMILES string of the molecule is Cl.N[C@@H](Cc1ccccn1)C(=O)Nc1ccc(SCc2ccccc2)cc1. The van der Waals surface area contributed by atoms with Crippen LogP contribution in [0, 0.1) is 0 Å². The van der Waals surface area contributed by atoms with Crippen LogP contribution in [0.25, 0.3) is 0 Å². The van der Waals surface area contributed by atoms with Gasteiger partial charge in [0, 0.05) is 34.6 Å².